The molecule has 1 unspecified atom stereocenters. The number of nitrogens with zero attached hydrogens (tertiary/aromatic N) is 2. The molecular formula is C26H26ClF2N3O3S. The highest BCUT2D eigenvalue weighted by molar-refractivity contribution is 7.18. The van der Waals surface area contributed by atoms with Crippen molar-refractivity contribution in [3.8, 4) is 5.88 Å². The van der Waals surface area contributed by atoms with Crippen LogP contribution in [0.15, 0.2) is 60.8 Å². The third-order valence-electron chi connectivity index (χ3n) is 6.35. The molecule has 2 aromatic heterocycles. The fourth-order valence-corrected chi connectivity index (χ4v) is 5.28. The average Bonchev–Trinajstić information content (AvgIpc) is 3.35. The number of carbonyl (C=O) groups is 2. The zero-order valence-corrected chi connectivity index (χ0v) is 21.2. The molecule has 6 nitrogen and oxygen atoms in total. The number of alkyl halides is 2. The molecule has 1 aromatic carbocycles. The predicted octanol–water partition coefficient (Wildman–Crippen LogP) is 5.70. The van der Waals surface area contributed by atoms with E-state index in [2.05, 4.69) is 10.3 Å². The Morgan fingerprint density at radius 3 is 2.47 bits per heavy atom. The summed E-state index contributed by atoms with van der Waals surface area (Å²) in [6.45, 7) is 0.460. The number of carbonyl (C=O) groups excluding carboxylic acids is 2. The van der Waals surface area contributed by atoms with Gasteiger partial charge in [-0.3, -0.25) is 9.59 Å². The molecule has 36 heavy (non-hydrogen) atoms. The van der Waals surface area contributed by atoms with Crippen molar-refractivity contribution in [1.29, 1.82) is 0 Å². The quantitative estimate of drug-likeness (QED) is 0.403. The van der Waals surface area contributed by atoms with Crippen molar-refractivity contribution in [2.45, 2.75) is 31.2 Å². The second kappa shape index (κ2) is 11.3. The van der Waals surface area contributed by atoms with Gasteiger partial charge in [-0.05, 0) is 42.9 Å². The minimum Gasteiger partial charge on any atom is -0.481 e. The fourth-order valence-electron chi connectivity index (χ4n) is 4.34. The second-order valence-corrected chi connectivity index (χ2v) is 10.4. The van der Waals surface area contributed by atoms with E-state index in [0.29, 0.717) is 34.4 Å². The smallest absolute Gasteiger partial charge is 0.349 e. The maximum atomic E-state index is 14.8. The van der Waals surface area contributed by atoms with E-state index in [1.54, 1.807) is 30.5 Å². The van der Waals surface area contributed by atoms with Gasteiger partial charge in [-0.15, -0.1) is 11.3 Å². The van der Waals surface area contributed by atoms with Crippen LogP contribution in [0, 0.1) is 5.92 Å². The van der Waals surface area contributed by atoms with E-state index in [1.165, 1.54) is 47.6 Å². The Kier molecular flexibility index (Phi) is 8.21. The summed E-state index contributed by atoms with van der Waals surface area (Å²) in [7, 11) is 1.53. The molecule has 1 aliphatic heterocycles. The fraction of sp³-hybridized carbons (Fsp3) is 0.346. The largest absolute Gasteiger partial charge is 0.481 e. The molecule has 0 bridgehead atoms. The van der Waals surface area contributed by atoms with E-state index < -0.39 is 11.8 Å². The van der Waals surface area contributed by atoms with Crippen LogP contribution >= 0.6 is 22.9 Å². The second-order valence-electron chi connectivity index (χ2n) is 8.68. The van der Waals surface area contributed by atoms with Gasteiger partial charge >= 0.3 is 5.92 Å². The number of rotatable bonds is 8. The molecule has 0 saturated carbocycles. The number of aromatic nitrogens is 1. The monoisotopic (exact) mass is 533 g/mol. The molecule has 10 heteroatoms. The van der Waals surface area contributed by atoms with Gasteiger partial charge in [0, 0.05) is 30.9 Å². The lowest BCUT2D eigenvalue weighted by atomic mass is 9.87. The molecule has 1 N–H and O–H groups in total. The SMILES string of the molecule is COc1ccc(C(CC2CCN(C(=O)C(F)(F)c3ccccc3)CC2)NC(=O)c2ccc(Cl)s2)cn1. The Morgan fingerprint density at radius 2 is 1.89 bits per heavy atom. The molecule has 1 aliphatic rings. The topological polar surface area (TPSA) is 71.5 Å². The summed E-state index contributed by atoms with van der Waals surface area (Å²) in [6.07, 6.45) is 3.34. The molecule has 1 atom stereocenters. The summed E-state index contributed by atoms with van der Waals surface area (Å²) in [6, 6.07) is 13.7. The van der Waals surface area contributed by atoms with Crippen LogP contribution in [0.1, 0.15) is 46.1 Å². The molecule has 190 valence electrons. The van der Waals surface area contributed by atoms with Crippen LogP contribution < -0.4 is 10.1 Å². The van der Waals surface area contributed by atoms with Crippen LogP contribution in [0.3, 0.4) is 0 Å². The van der Waals surface area contributed by atoms with Crippen LogP contribution in [-0.2, 0) is 10.7 Å². The van der Waals surface area contributed by atoms with Gasteiger partial charge in [-0.25, -0.2) is 4.98 Å². The molecule has 0 radical (unpaired) electrons. The van der Waals surface area contributed by atoms with Gasteiger partial charge < -0.3 is 15.0 Å². The minimum atomic E-state index is -3.57. The standard InChI is InChI=1S/C26H26ClF2N3O3S/c1-35-23-10-7-18(16-30-23)20(31-24(33)21-8-9-22(27)36-21)15-17-11-13-32(14-12-17)25(34)26(28,29)19-5-3-2-4-6-19/h2-10,16-17,20H,11-15H2,1H3,(H,31,33). The van der Waals surface area contributed by atoms with Crippen LogP contribution in [0.5, 0.6) is 5.88 Å². The molecular weight excluding hydrogens is 508 g/mol. The highest BCUT2D eigenvalue weighted by Gasteiger charge is 2.44. The van der Waals surface area contributed by atoms with Gasteiger partial charge in [0.2, 0.25) is 5.88 Å². The number of thiophene rings is 1. The van der Waals surface area contributed by atoms with Gasteiger partial charge in [-0.2, -0.15) is 8.78 Å². The number of amides is 2. The van der Waals surface area contributed by atoms with Crippen molar-refractivity contribution in [3.63, 3.8) is 0 Å². The molecule has 0 aliphatic carbocycles. The van der Waals surface area contributed by atoms with E-state index in [9.17, 15) is 18.4 Å². The van der Waals surface area contributed by atoms with E-state index in [1.807, 2.05) is 6.07 Å². The number of benzene rings is 1. The van der Waals surface area contributed by atoms with Gasteiger partial charge in [0.15, 0.2) is 0 Å². The lowest BCUT2D eigenvalue weighted by Gasteiger charge is -2.35. The van der Waals surface area contributed by atoms with Crippen molar-refractivity contribution in [2.75, 3.05) is 20.2 Å². The number of halogens is 3. The molecule has 4 rings (SSSR count). The predicted molar refractivity (Wildman–Crippen MR) is 135 cm³/mol. The lowest BCUT2D eigenvalue weighted by molar-refractivity contribution is -0.160. The van der Waals surface area contributed by atoms with Gasteiger partial charge in [0.05, 0.1) is 22.4 Å². The molecule has 1 saturated heterocycles. The zero-order chi connectivity index (χ0) is 25.7. The number of pyridine rings is 1. The Balaban J connectivity index is 1.42. The summed E-state index contributed by atoms with van der Waals surface area (Å²) in [5.74, 6) is -4.41. The first-order chi connectivity index (χ1) is 17.3. The van der Waals surface area contributed by atoms with Crippen molar-refractivity contribution < 1.29 is 23.1 Å². The number of ether oxygens (including phenoxy) is 1. The van der Waals surface area contributed by atoms with Crippen LogP contribution in [-0.4, -0.2) is 41.9 Å². The number of methoxy groups -OCH3 is 1. The van der Waals surface area contributed by atoms with E-state index in [-0.39, 0.29) is 36.5 Å². The van der Waals surface area contributed by atoms with Crippen molar-refractivity contribution in [1.82, 2.24) is 15.2 Å². The maximum absolute atomic E-state index is 14.8. The Morgan fingerprint density at radius 1 is 1.17 bits per heavy atom. The van der Waals surface area contributed by atoms with Crippen molar-refractivity contribution in [2.24, 2.45) is 5.92 Å². The average molecular weight is 534 g/mol. The third kappa shape index (κ3) is 6.02. The highest BCUT2D eigenvalue weighted by Crippen LogP contribution is 2.34. The number of likely N-dealkylation sites (tertiary alicyclic amines) is 1. The minimum absolute atomic E-state index is 0.124. The number of nitrogens with one attached hydrogen (secondary N) is 1. The van der Waals surface area contributed by atoms with Crippen LogP contribution in [0.25, 0.3) is 0 Å². The first-order valence-corrected chi connectivity index (χ1v) is 12.8. The van der Waals surface area contributed by atoms with Crippen molar-refractivity contribution in [3.05, 3.63) is 81.1 Å². The summed E-state index contributed by atoms with van der Waals surface area (Å²) < 4.78 is 35.2. The summed E-state index contributed by atoms with van der Waals surface area (Å²) >= 11 is 7.18. The Hall–Kier alpha value is -3.04. The van der Waals surface area contributed by atoms with Gasteiger partial charge in [0.1, 0.15) is 0 Å². The first-order valence-electron chi connectivity index (χ1n) is 11.6. The number of hydrogen-bond acceptors (Lipinski definition) is 5. The lowest BCUT2D eigenvalue weighted by Crippen LogP contribution is -2.46. The Bertz CT molecular complexity index is 1180. The van der Waals surface area contributed by atoms with Gasteiger partial charge in [0.25, 0.3) is 11.8 Å². The van der Waals surface area contributed by atoms with E-state index in [0.717, 1.165) is 5.56 Å². The molecule has 3 aromatic rings. The normalized spacial score (nSPS) is 15.4. The third-order valence-corrected chi connectivity index (χ3v) is 7.58. The van der Waals surface area contributed by atoms with E-state index in [4.69, 9.17) is 16.3 Å². The number of piperidine rings is 1. The zero-order valence-electron chi connectivity index (χ0n) is 19.6. The molecule has 0 spiro atoms. The highest BCUT2D eigenvalue weighted by atomic mass is 35.5. The summed E-state index contributed by atoms with van der Waals surface area (Å²) in [4.78, 5) is 31.5. The molecule has 2 amide bonds. The maximum Gasteiger partial charge on any atom is 0.349 e. The van der Waals surface area contributed by atoms with Crippen LogP contribution in [0.2, 0.25) is 4.34 Å². The summed E-state index contributed by atoms with van der Waals surface area (Å²) in [5, 5.41) is 3.06. The van der Waals surface area contributed by atoms with Crippen LogP contribution in [0.4, 0.5) is 8.78 Å². The Labute approximate surface area is 217 Å². The first kappa shape index (κ1) is 26.0. The molecule has 1 fully saturated rings. The van der Waals surface area contributed by atoms with Gasteiger partial charge in [-0.1, -0.05) is 48.0 Å². The summed E-state index contributed by atoms with van der Waals surface area (Å²) in [5.41, 5.74) is 0.501. The number of hydrogen-bond donors (Lipinski definition) is 1. The molecule has 3 heterocycles. The van der Waals surface area contributed by atoms with E-state index >= 15 is 0 Å². The van der Waals surface area contributed by atoms with Crippen molar-refractivity contribution >= 4 is 34.8 Å².